The van der Waals surface area contributed by atoms with Gasteiger partial charge < -0.3 is 0 Å². The number of amides is 1. The Hall–Kier alpha value is -1.91. The highest BCUT2D eigenvalue weighted by atomic mass is 19.2. The predicted molar refractivity (Wildman–Crippen MR) is 47.8 cm³/mol. The molecule has 0 bridgehead atoms. The summed E-state index contributed by atoms with van der Waals surface area (Å²) in [6, 6.07) is 1.86. The highest BCUT2D eigenvalue weighted by Gasteiger charge is 2.18. The minimum atomic E-state index is -1.55. The van der Waals surface area contributed by atoms with E-state index in [1.165, 1.54) is 0 Å². The fourth-order valence-electron chi connectivity index (χ4n) is 1.24. The van der Waals surface area contributed by atoms with Crippen LogP contribution in [0.1, 0.15) is 5.56 Å². The summed E-state index contributed by atoms with van der Waals surface area (Å²) in [6.45, 7) is 0. The van der Waals surface area contributed by atoms with Gasteiger partial charge in [0, 0.05) is 23.4 Å². The van der Waals surface area contributed by atoms with Crippen molar-refractivity contribution >= 4 is 17.7 Å². The zero-order valence-electron chi connectivity index (χ0n) is 7.30. The van der Waals surface area contributed by atoms with Crippen molar-refractivity contribution in [3.63, 3.8) is 0 Å². The molecule has 0 saturated carbocycles. The van der Waals surface area contributed by atoms with Gasteiger partial charge in [-0.2, -0.15) is 0 Å². The molecule has 0 spiro atoms. The fraction of sp³-hybridized carbons (Fsp3) is 0. The van der Waals surface area contributed by atoms with E-state index in [1.54, 1.807) is 0 Å². The second kappa shape index (κ2) is 3.34. The summed E-state index contributed by atoms with van der Waals surface area (Å²) in [5, 5.41) is 0. The summed E-state index contributed by atoms with van der Waals surface area (Å²) in [5.41, 5.74) is -0.0418. The molecule has 1 aromatic rings. The van der Waals surface area contributed by atoms with Crippen LogP contribution < -0.4 is 0 Å². The van der Waals surface area contributed by atoms with Crippen molar-refractivity contribution in [1.29, 1.82) is 0 Å². The van der Waals surface area contributed by atoms with Crippen LogP contribution in [0.5, 0.6) is 0 Å². The van der Waals surface area contributed by atoms with Gasteiger partial charge in [0.25, 0.3) is 5.91 Å². The van der Waals surface area contributed by atoms with Gasteiger partial charge in [-0.05, 0) is 12.1 Å². The lowest BCUT2D eigenvalue weighted by atomic mass is 10.1. The molecule has 2 rings (SSSR count). The van der Waals surface area contributed by atoms with E-state index in [9.17, 15) is 18.0 Å². The second-order valence-corrected chi connectivity index (χ2v) is 2.92. The van der Waals surface area contributed by atoms with Gasteiger partial charge in [0.05, 0.1) is 0 Å². The van der Waals surface area contributed by atoms with E-state index in [4.69, 9.17) is 0 Å². The van der Waals surface area contributed by atoms with E-state index >= 15 is 0 Å². The SMILES string of the molecule is O=C1C=C(c2ccc(F)c(F)c2F)C=N1. The van der Waals surface area contributed by atoms with E-state index in [0.29, 0.717) is 0 Å². The number of nitrogens with zero attached hydrogens (tertiary/aromatic N) is 1. The summed E-state index contributed by atoms with van der Waals surface area (Å²) in [4.78, 5) is 14.1. The highest BCUT2D eigenvalue weighted by Crippen LogP contribution is 2.23. The monoisotopic (exact) mass is 211 g/mol. The first-order valence-electron chi connectivity index (χ1n) is 4.03. The number of benzene rings is 1. The number of halogens is 3. The van der Waals surface area contributed by atoms with Crippen molar-refractivity contribution in [2.24, 2.45) is 4.99 Å². The smallest absolute Gasteiger partial charge is 0.267 e. The molecule has 1 amide bonds. The summed E-state index contributed by atoms with van der Waals surface area (Å²) < 4.78 is 38.6. The van der Waals surface area contributed by atoms with E-state index < -0.39 is 23.4 Å². The van der Waals surface area contributed by atoms with Crippen LogP contribution in [0.2, 0.25) is 0 Å². The fourth-order valence-corrected chi connectivity index (χ4v) is 1.24. The minimum absolute atomic E-state index is 0.136. The first kappa shape index (κ1) is 9.64. The van der Waals surface area contributed by atoms with Crippen LogP contribution in [0.25, 0.3) is 5.57 Å². The quantitative estimate of drug-likeness (QED) is 0.654. The van der Waals surface area contributed by atoms with E-state index in [1.807, 2.05) is 0 Å². The molecular formula is C10H4F3NO. The molecule has 5 heteroatoms. The molecule has 0 saturated heterocycles. The average Bonchev–Trinajstić information content (AvgIpc) is 2.61. The van der Waals surface area contributed by atoms with Gasteiger partial charge >= 0.3 is 0 Å². The van der Waals surface area contributed by atoms with Crippen LogP contribution in [0.3, 0.4) is 0 Å². The van der Waals surface area contributed by atoms with Gasteiger partial charge in [-0.25, -0.2) is 18.2 Å². The number of hydrogen-bond donors (Lipinski definition) is 0. The van der Waals surface area contributed by atoms with Crippen molar-refractivity contribution in [2.45, 2.75) is 0 Å². The molecular weight excluding hydrogens is 207 g/mol. The lowest BCUT2D eigenvalue weighted by Crippen LogP contribution is -1.97. The molecule has 0 unspecified atom stereocenters. The average molecular weight is 211 g/mol. The third kappa shape index (κ3) is 1.56. The van der Waals surface area contributed by atoms with Crippen molar-refractivity contribution in [1.82, 2.24) is 0 Å². The van der Waals surface area contributed by atoms with Crippen LogP contribution in [0, 0.1) is 17.5 Å². The molecule has 0 radical (unpaired) electrons. The first-order valence-corrected chi connectivity index (χ1v) is 4.03. The van der Waals surface area contributed by atoms with Gasteiger partial charge in [0.2, 0.25) is 0 Å². The lowest BCUT2D eigenvalue weighted by Gasteiger charge is -2.02. The molecule has 1 aliphatic heterocycles. The molecule has 76 valence electrons. The molecule has 0 fully saturated rings. The Balaban J connectivity index is 2.56. The Morgan fingerprint density at radius 1 is 1.07 bits per heavy atom. The van der Waals surface area contributed by atoms with Crippen molar-refractivity contribution in [2.75, 3.05) is 0 Å². The normalized spacial score (nSPS) is 14.6. The van der Waals surface area contributed by atoms with Gasteiger partial charge in [0.15, 0.2) is 17.5 Å². The molecule has 2 nitrogen and oxygen atoms in total. The molecule has 1 aromatic carbocycles. The zero-order valence-corrected chi connectivity index (χ0v) is 7.30. The van der Waals surface area contributed by atoms with Crippen LogP contribution >= 0.6 is 0 Å². The molecule has 0 N–H and O–H groups in total. The van der Waals surface area contributed by atoms with Crippen LogP contribution in [0.15, 0.2) is 23.2 Å². The zero-order chi connectivity index (χ0) is 11.0. The van der Waals surface area contributed by atoms with Gasteiger partial charge in [-0.3, -0.25) is 4.79 Å². The Morgan fingerprint density at radius 3 is 2.40 bits per heavy atom. The standard InChI is InChI=1S/C10H4F3NO/c11-7-2-1-6(9(12)10(7)13)5-3-8(15)14-4-5/h1-4H. The van der Waals surface area contributed by atoms with Crippen molar-refractivity contribution in [3.05, 3.63) is 41.2 Å². The molecule has 0 aromatic heterocycles. The Morgan fingerprint density at radius 2 is 1.80 bits per heavy atom. The van der Waals surface area contributed by atoms with E-state index in [-0.39, 0.29) is 11.1 Å². The molecule has 1 heterocycles. The van der Waals surface area contributed by atoms with Gasteiger partial charge in [0.1, 0.15) is 0 Å². The van der Waals surface area contributed by atoms with E-state index in [2.05, 4.69) is 4.99 Å². The number of rotatable bonds is 1. The highest BCUT2D eigenvalue weighted by molar-refractivity contribution is 6.24. The Bertz CT molecular complexity index is 506. The van der Waals surface area contributed by atoms with Crippen LogP contribution in [-0.2, 0) is 4.79 Å². The Kier molecular flexibility index (Phi) is 2.15. The number of carbonyl (C=O) groups is 1. The maximum Gasteiger partial charge on any atom is 0.270 e. The number of carbonyl (C=O) groups excluding carboxylic acids is 1. The van der Waals surface area contributed by atoms with Gasteiger partial charge in [-0.1, -0.05) is 0 Å². The Labute approximate surface area is 82.7 Å². The van der Waals surface area contributed by atoms with Crippen molar-refractivity contribution in [3.8, 4) is 0 Å². The summed E-state index contributed by atoms with van der Waals surface area (Å²) in [5.74, 6) is -4.68. The van der Waals surface area contributed by atoms with Gasteiger partial charge in [-0.15, -0.1) is 0 Å². The maximum atomic E-state index is 13.2. The molecule has 0 aliphatic carbocycles. The molecule has 0 atom stereocenters. The van der Waals surface area contributed by atoms with E-state index in [0.717, 1.165) is 24.4 Å². The topological polar surface area (TPSA) is 29.4 Å². The first-order chi connectivity index (χ1) is 7.09. The van der Waals surface area contributed by atoms with Crippen LogP contribution in [0.4, 0.5) is 13.2 Å². The van der Waals surface area contributed by atoms with Crippen LogP contribution in [-0.4, -0.2) is 12.1 Å². The summed E-state index contributed by atoms with van der Waals surface area (Å²) >= 11 is 0. The summed E-state index contributed by atoms with van der Waals surface area (Å²) in [6.07, 6.45) is 2.16. The molecule has 15 heavy (non-hydrogen) atoms. The van der Waals surface area contributed by atoms with Crippen molar-refractivity contribution < 1.29 is 18.0 Å². The number of hydrogen-bond acceptors (Lipinski definition) is 1. The largest absolute Gasteiger partial charge is 0.270 e. The molecule has 1 aliphatic rings. The number of allylic oxidation sites excluding steroid dienone is 1. The third-order valence-electron chi connectivity index (χ3n) is 1.96. The summed E-state index contributed by atoms with van der Waals surface area (Å²) in [7, 11) is 0. The minimum Gasteiger partial charge on any atom is -0.267 e. The number of aliphatic imine (C=N–C) groups is 1. The third-order valence-corrected chi connectivity index (χ3v) is 1.96. The lowest BCUT2D eigenvalue weighted by molar-refractivity contribution is -0.113. The second-order valence-electron chi connectivity index (χ2n) is 2.92. The maximum absolute atomic E-state index is 13.2. The predicted octanol–water partition coefficient (Wildman–Crippen LogP) is 2.10.